The zero-order valence-corrected chi connectivity index (χ0v) is 10.1. The van der Waals surface area contributed by atoms with Gasteiger partial charge in [0.15, 0.2) is 0 Å². The zero-order valence-electron chi connectivity index (χ0n) is 10.1. The summed E-state index contributed by atoms with van der Waals surface area (Å²) in [4.78, 5) is 4.48. The minimum Gasteiger partial charge on any atom is -0.396 e. The van der Waals surface area contributed by atoms with Crippen molar-refractivity contribution in [1.29, 1.82) is 0 Å². The molecule has 0 aliphatic rings. The molecule has 0 saturated heterocycles. The molecule has 2 heteroatoms. The second-order valence-corrected chi connectivity index (χ2v) is 4.37. The average molecular weight is 229 g/mol. The van der Waals surface area contributed by atoms with E-state index in [1.165, 1.54) is 22.9 Å². The van der Waals surface area contributed by atoms with Crippen molar-refractivity contribution in [1.82, 2.24) is 4.98 Å². The second-order valence-electron chi connectivity index (χ2n) is 4.37. The molecule has 1 aromatic heterocycles. The van der Waals surface area contributed by atoms with Crippen LogP contribution in [0.15, 0.2) is 36.5 Å². The van der Waals surface area contributed by atoms with Gasteiger partial charge in [0.25, 0.3) is 0 Å². The van der Waals surface area contributed by atoms with E-state index < -0.39 is 0 Å². The Kier molecular flexibility index (Phi) is 4.51. The summed E-state index contributed by atoms with van der Waals surface area (Å²) >= 11 is 0. The number of fused-ring (bicyclic) bond motifs is 1. The van der Waals surface area contributed by atoms with Crippen molar-refractivity contribution in [2.75, 3.05) is 6.61 Å². The van der Waals surface area contributed by atoms with Gasteiger partial charge in [-0.1, -0.05) is 37.1 Å². The standard InChI is InChI=1S/C15H19NO/c17-12-6-2-1-3-9-15-14-8-5-4-7-13(14)10-11-16-15/h4-5,7-8,10-11,17H,1-3,6,9,12H2. The fraction of sp³-hybridized carbons (Fsp3) is 0.400. The topological polar surface area (TPSA) is 33.1 Å². The van der Waals surface area contributed by atoms with Gasteiger partial charge < -0.3 is 5.11 Å². The van der Waals surface area contributed by atoms with E-state index in [2.05, 4.69) is 35.3 Å². The summed E-state index contributed by atoms with van der Waals surface area (Å²) in [5.41, 5.74) is 1.20. The molecule has 1 aromatic carbocycles. The molecule has 1 N–H and O–H groups in total. The molecule has 2 nitrogen and oxygen atoms in total. The first-order valence-electron chi connectivity index (χ1n) is 6.35. The van der Waals surface area contributed by atoms with Crippen LogP contribution < -0.4 is 0 Å². The summed E-state index contributed by atoms with van der Waals surface area (Å²) in [6.45, 7) is 0.312. The fourth-order valence-electron chi connectivity index (χ4n) is 2.14. The monoisotopic (exact) mass is 229 g/mol. The first-order valence-corrected chi connectivity index (χ1v) is 6.35. The molecule has 0 spiro atoms. The first-order chi connectivity index (χ1) is 8.42. The Morgan fingerprint density at radius 3 is 2.65 bits per heavy atom. The van der Waals surface area contributed by atoms with Gasteiger partial charge >= 0.3 is 0 Å². The van der Waals surface area contributed by atoms with Crippen molar-refractivity contribution in [2.45, 2.75) is 32.1 Å². The number of aromatic nitrogens is 1. The van der Waals surface area contributed by atoms with Crippen molar-refractivity contribution in [3.05, 3.63) is 42.2 Å². The molecule has 0 aliphatic carbocycles. The molecule has 0 bridgehead atoms. The number of unbranched alkanes of at least 4 members (excludes halogenated alkanes) is 3. The Bertz CT molecular complexity index is 462. The highest BCUT2D eigenvalue weighted by Crippen LogP contribution is 2.18. The lowest BCUT2D eigenvalue weighted by molar-refractivity contribution is 0.282. The molecule has 0 unspecified atom stereocenters. The van der Waals surface area contributed by atoms with E-state index in [1.54, 1.807) is 0 Å². The average Bonchev–Trinajstić information content (AvgIpc) is 2.39. The number of aliphatic hydroxyl groups excluding tert-OH is 1. The number of pyridine rings is 1. The van der Waals surface area contributed by atoms with E-state index in [0.29, 0.717) is 6.61 Å². The summed E-state index contributed by atoms with van der Waals surface area (Å²) in [7, 11) is 0. The van der Waals surface area contributed by atoms with Gasteiger partial charge in [-0.15, -0.1) is 0 Å². The highest BCUT2D eigenvalue weighted by molar-refractivity contribution is 5.84. The van der Waals surface area contributed by atoms with E-state index in [-0.39, 0.29) is 0 Å². The van der Waals surface area contributed by atoms with Gasteiger partial charge in [0.05, 0.1) is 0 Å². The van der Waals surface area contributed by atoms with E-state index >= 15 is 0 Å². The molecule has 0 saturated carbocycles. The number of hydrogen-bond acceptors (Lipinski definition) is 2. The third kappa shape index (κ3) is 3.27. The predicted molar refractivity (Wildman–Crippen MR) is 71.0 cm³/mol. The Morgan fingerprint density at radius 2 is 1.76 bits per heavy atom. The Balaban J connectivity index is 1.98. The molecule has 2 aromatic rings. The summed E-state index contributed by atoms with van der Waals surface area (Å²) in [6, 6.07) is 10.5. The van der Waals surface area contributed by atoms with Crippen LogP contribution >= 0.6 is 0 Å². The van der Waals surface area contributed by atoms with Crippen LogP contribution in [0, 0.1) is 0 Å². The van der Waals surface area contributed by atoms with Crippen LogP contribution in [0.2, 0.25) is 0 Å². The van der Waals surface area contributed by atoms with Crippen LogP contribution in [0.4, 0.5) is 0 Å². The van der Waals surface area contributed by atoms with Crippen molar-refractivity contribution in [3.8, 4) is 0 Å². The van der Waals surface area contributed by atoms with Crippen LogP contribution in [0.5, 0.6) is 0 Å². The molecular weight excluding hydrogens is 210 g/mol. The lowest BCUT2D eigenvalue weighted by Gasteiger charge is -2.05. The maximum absolute atomic E-state index is 8.71. The molecular formula is C15H19NO. The molecule has 0 aliphatic heterocycles. The van der Waals surface area contributed by atoms with E-state index in [4.69, 9.17) is 5.11 Å². The van der Waals surface area contributed by atoms with Gasteiger partial charge in [0, 0.05) is 23.9 Å². The Morgan fingerprint density at radius 1 is 0.941 bits per heavy atom. The van der Waals surface area contributed by atoms with Crippen molar-refractivity contribution in [2.24, 2.45) is 0 Å². The normalized spacial score (nSPS) is 10.9. The molecule has 2 rings (SSSR count). The van der Waals surface area contributed by atoms with Gasteiger partial charge in [-0.25, -0.2) is 0 Å². The van der Waals surface area contributed by atoms with E-state index in [0.717, 1.165) is 25.7 Å². The smallest absolute Gasteiger partial charge is 0.0481 e. The molecule has 17 heavy (non-hydrogen) atoms. The number of nitrogens with zero attached hydrogens (tertiary/aromatic N) is 1. The van der Waals surface area contributed by atoms with Crippen molar-refractivity contribution < 1.29 is 5.11 Å². The fourth-order valence-corrected chi connectivity index (χ4v) is 2.14. The number of hydrogen-bond donors (Lipinski definition) is 1. The molecule has 0 amide bonds. The quantitative estimate of drug-likeness (QED) is 0.771. The van der Waals surface area contributed by atoms with Crippen LogP contribution in [0.25, 0.3) is 10.8 Å². The van der Waals surface area contributed by atoms with Crippen LogP contribution in [-0.2, 0) is 6.42 Å². The van der Waals surface area contributed by atoms with Gasteiger partial charge in [-0.2, -0.15) is 0 Å². The van der Waals surface area contributed by atoms with Gasteiger partial charge in [0.2, 0.25) is 0 Å². The van der Waals surface area contributed by atoms with Crippen LogP contribution in [0.1, 0.15) is 31.4 Å². The van der Waals surface area contributed by atoms with E-state index in [9.17, 15) is 0 Å². The third-order valence-corrected chi connectivity index (χ3v) is 3.08. The van der Waals surface area contributed by atoms with Crippen LogP contribution in [0.3, 0.4) is 0 Å². The molecule has 1 heterocycles. The summed E-state index contributed by atoms with van der Waals surface area (Å²) in [6.07, 6.45) is 7.29. The highest BCUT2D eigenvalue weighted by Gasteiger charge is 2.01. The lowest BCUT2D eigenvalue weighted by Crippen LogP contribution is -1.92. The number of aryl methyl sites for hydroxylation is 1. The molecule has 0 radical (unpaired) electrons. The highest BCUT2D eigenvalue weighted by atomic mass is 16.2. The predicted octanol–water partition coefficient (Wildman–Crippen LogP) is 3.33. The van der Waals surface area contributed by atoms with Crippen LogP contribution in [-0.4, -0.2) is 16.7 Å². The Hall–Kier alpha value is -1.41. The SMILES string of the molecule is OCCCCCCc1nccc2ccccc12. The second kappa shape index (κ2) is 6.36. The summed E-state index contributed by atoms with van der Waals surface area (Å²) < 4.78 is 0. The maximum Gasteiger partial charge on any atom is 0.0481 e. The number of benzene rings is 1. The van der Waals surface area contributed by atoms with Gasteiger partial charge in [-0.3, -0.25) is 4.98 Å². The largest absolute Gasteiger partial charge is 0.396 e. The maximum atomic E-state index is 8.71. The molecule has 0 atom stereocenters. The first kappa shape index (κ1) is 12.1. The molecule has 90 valence electrons. The van der Waals surface area contributed by atoms with E-state index in [1.807, 2.05) is 6.20 Å². The number of rotatable bonds is 6. The zero-order chi connectivity index (χ0) is 11.9. The lowest BCUT2D eigenvalue weighted by atomic mass is 10.0. The minimum absolute atomic E-state index is 0.312. The molecule has 0 fully saturated rings. The van der Waals surface area contributed by atoms with Gasteiger partial charge in [0.1, 0.15) is 0 Å². The summed E-state index contributed by atoms with van der Waals surface area (Å²) in [5, 5.41) is 11.3. The van der Waals surface area contributed by atoms with Crippen molar-refractivity contribution >= 4 is 10.8 Å². The summed E-state index contributed by atoms with van der Waals surface area (Å²) in [5.74, 6) is 0. The Labute approximate surface area is 102 Å². The van der Waals surface area contributed by atoms with Crippen molar-refractivity contribution in [3.63, 3.8) is 0 Å². The third-order valence-electron chi connectivity index (χ3n) is 3.08. The van der Waals surface area contributed by atoms with Gasteiger partial charge in [-0.05, 0) is 30.7 Å². The number of aliphatic hydroxyl groups is 1. The minimum atomic E-state index is 0.312.